The average Bonchev–Trinajstić information content (AvgIpc) is 2.40. The van der Waals surface area contributed by atoms with Crippen molar-refractivity contribution >= 4 is 0 Å². The Kier molecular flexibility index (Phi) is 4.54. The van der Waals surface area contributed by atoms with Crippen molar-refractivity contribution < 1.29 is 8.91 Å². The third-order valence-corrected chi connectivity index (χ3v) is 0.879. The Hall–Kier alpha value is -0.860. The number of aromatic nitrogens is 1. The van der Waals surface area contributed by atoms with Gasteiger partial charge in [-0.15, -0.1) is 0 Å². The third-order valence-electron chi connectivity index (χ3n) is 0.879. The van der Waals surface area contributed by atoms with E-state index in [0.29, 0.717) is 12.2 Å². The van der Waals surface area contributed by atoms with E-state index in [0.717, 1.165) is 0 Å². The maximum Gasteiger partial charge on any atom is 0.253 e. The molecule has 0 radical (unpaired) electrons. The molecule has 2 nitrogen and oxygen atoms in total. The summed E-state index contributed by atoms with van der Waals surface area (Å²) >= 11 is 0. The summed E-state index contributed by atoms with van der Waals surface area (Å²) in [6, 6.07) is 1.28. The van der Waals surface area contributed by atoms with Crippen LogP contribution in [-0.4, -0.2) is 5.16 Å². The minimum absolute atomic E-state index is 0.540. The van der Waals surface area contributed by atoms with Crippen molar-refractivity contribution in [1.29, 1.82) is 0 Å². The predicted molar refractivity (Wildman–Crippen MR) is 37.2 cm³/mol. The van der Waals surface area contributed by atoms with Gasteiger partial charge in [-0.25, -0.2) is 0 Å². The van der Waals surface area contributed by atoms with Gasteiger partial charge in [-0.1, -0.05) is 20.8 Å². The Morgan fingerprint density at radius 3 is 2.40 bits per heavy atom. The van der Waals surface area contributed by atoms with Crippen LogP contribution in [0.4, 0.5) is 4.39 Å². The molecule has 0 N–H and O–H groups in total. The fourth-order valence-electron chi connectivity index (χ4n) is 0.454. The van der Waals surface area contributed by atoms with Crippen LogP contribution in [-0.2, 0) is 6.42 Å². The lowest BCUT2D eigenvalue weighted by Crippen LogP contribution is -1.68. The van der Waals surface area contributed by atoms with E-state index in [2.05, 4.69) is 9.68 Å². The van der Waals surface area contributed by atoms with Gasteiger partial charge in [-0.3, -0.25) is 0 Å². The normalized spacial score (nSPS) is 8.40. The first-order valence-corrected chi connectivity index (χ1v) is 3.44. The first-order chi connectivity index (χ1) is 4.83. The number of hydrogen-bond donors (Lipinski definition) is 0. The van der Waals surface area contributed by atoms with Crippen LogP contribution in [0.15, 0.2) is 10.6 Å². The Balaban J connectivity index is 0.000000371. The Labute approximate surface area is 60.0 Å². The number of hydrogen-bond acceptors (Lipinski definition) is 2. The maximum absolute atomic E-state index is 11.9. The van der Waals surface area contributed by atoms with Crippen LogP contribution in [0.1, 0.15) is 26.5 Å². The van der Waals surface area contributed by atoms with Crippen LogP contribution in [0.2, 0.25) is 0 Å². The molecule has 1 rings (SSSR count). The largest absolute Gasteiger partial charge is 0.358 e. The van der Waals surface area contributed by atoms with Gasteiger partial charge in [-0.05, 0) is 5.16 Å². The molecule has 58 valence electrons. The molecule has 0 fully saturated rings. The lowest BCUT2D eigenvalue weighted by atomic mass is 10.4. The highest BCUT2D eigenvalue weighted by Gasteiger charge is 1.97. The Bertz CT molecular complexity index is 174. The van der Waals surface area contributed by atoms with Crippen LogP contribution < -0.4 is 0 Å². The van der Waals surface area contributed by atoms with Crippen LogP contribution in [0, 0.1) is 5.95 Å². The molecule has 0 amide bonds. The molecule has 0 aromatic carbocycles. The molecule has 0 saturated heterocycles. The molecule has 0 saturated carbocycles. The molecule has 0 aliphatic rings. The number of rotatable bonds is 1. The second kappa shape index (κ2) is 4.97. The van der Waals surface area contributed by atoms with E-state index in [-0.39, 0.29) is 0 Å². The highest BCUT2D eigenvalue weighted by atomic mass is 19.1. The summed E-state index contributed by atoms with van der Waals surface area (Å²) in [4.78, 5) is 0. The van der Waals surface area contributed by atoms with E-state index in [1.165, 1.54) is 6.07 Å². The van der Waals surface area contributed by atoms with Crippen LogP contribution in [0.5, 0.6) is 0 Å². The van der Waals surface area contributed by atoms with Gasteiger partial charge in [0.1, 0.15) is 5.76 Å². The minimum atomic E-state index is -0.540. The first-order valence-electron chi connectivity index (χ1n) is 3.44. The van der Waals surface area contributed by atoms with Gasteiger partial charge in [0.05, 0.1) is 0 Å². The number of nitrogens with zero attached hydrogens (tertiary/aromatic N) is 1. The first kappa shape index (κ1) is 9.14. The van der Waals surface area contributed by atoms with Gasteiger partial charge in [-0.2, -0.15) is 4.39 Å². The van der Waals surface area contributed by atoms with Crippen molar-refractivity contribution in [3.63, 3.8) is 0 Å². The highest BCUT2D eigenvalue weighted by Crippen LogP contribution is 2.00. The van der Waals surface area contributed by atoms with Gasteiger partial charge in [0.25, 0.3) is 5.95 Å². The van der Waals surface area contributed by atoms with Gasteiger partial charge in [0.2, 0.25) is 0 Å². The molecule has 1 aromatic heterocycles. The van der Waals surface area contributed by atoms with Crippen molar-refractivity contribution in [1.82, 2.24) is 5.16 Å². The minimum Gasteiger partial charge on any atom is -0.358 e. The zero-order chi connectivity index (χ0) is 7.98. The van der Waals surface area contributed by atoms with Gasteiger partial charge in [0.15, 0.2) is 0 Å². The van der Waals surface area contributed by atoms with E-state index >= 15 is 0 Å². The molecule has 0 atom stereocenters. The van der Waals surface area contributed by atoms with Crippen LogP contribution >= 0.6 is 0 Å². The molecule has 1 aromatic rings. The fraction of sp³-hybridized carbons (Fsp3) is 0.571. The molecule has 0 spiro atoms. The predicted octanol–water partition coefficient (Wildman–Crippen LogP) is 2.40. The zero-order valence-electron chi connectivity index (χ0n) is 6.52. The second-order valence-corrected chi connectivity index (χ2v) is 1.47. The maximum atomic E-state index is 11.9. The van der Waals surface area contributed by atoms with Crippen molar-refractivity contribution in [2.45, 2.75) is 27.2 Å². The number of aryl methyl sites for hydroxylation is 1. The van der Waals surface area contributed by atoms with Gasteiger partial charge < -0.3 is 4.52 Å². The Morgan fingerprint density at radius 2 is 2.20 bits per heavy atom. The van der Waals surface area contributed by atoms with E-state index in [9.17, 15) is 4.39 Å². The fourth-order valence-corrected chi connectivity index (χ4v) is 0.454. The van der Waals surface area contributed by atoms with Crippen molar-refractivity contribution in [2.75, 3.05) is 0 Å². The molecule has 10 heavy (non-hydrogen) atoms. The second-order valence-electron chi connectivity index (χ2n) is 1.47. The molecule has 1 heterocycles. The molecule has 0 aliphatic carbocycles. The Morgan fingerprint density at radius 1 is 1.60 bits per heavy atom. The average molecular weight is 145 g/mol. The smallest absolute Gasteiger partial charge is 0.253 e. The van der Waals surface area contributed by atoms with Crippen LogP contribution in [0.3, 0.4) is 0 Å². The molecular weight excluding hydrogens is 133 g/mol. The molecule has 0 unspecified atom stereocenters. The van der Waals surface area contributed by atoms with Gasteiger partial charge >= 0.3 is 0 Å². The van der Waals surface area contributed by atoms with Gasteiger partial charge in [0, 0.05) is 12.5 Å². The van der Waals surface area contributed by atoms with E-state index in [4.69, 9.17) is 0 Å². The molecule has 0 bridgehead atoms. The standard InChI is InChI=1S/C5H6FNO.C2H6/c1-2-4-3-5(6)7-8-4;1-2/h3H,2H2,1H3;1-2H3. The van der Waals surface area contributed by atoms with E-state index in [1.54, 1.807) is 0 Å². The monoisotopic (exact) mass is 145 g/mol. The zero-order valence-corrected chi connectivity index (χ0v) is 6.52. The molecule has 0 aliphatic heterocycles. The van der Waals surface area contributed by atoms with Crippen molar-refractivity contribution in [2.24, 2.45) is 0 Å². The number of halogens is 1. The van der Waals surface area contributed by atoms with Crippen LogP contribution in [0.25, 0.3) is 0 Å². The lowest BCUT2D eigenvalue weighted by molar-refractivity contribution is 0.353. The van der Waals surface area contributed by atoms with E-state index < -0.39 is 5.95 Å². The summed E-state index contributed by atoms with van der Waals surface area (Å²) in [5.41, 5.74) is 0. The third kappa shape index (κ3) is 2.62. The summed E-state index contributed by atoms with van der Waals surface area (Å²) in [5, 5.41) is 3.05. The SMILES string of the molecule is CC.CCc1cc(F)no1. The van der Waals surface area contributed by atoms with E-state index in [1.807, 2.05) is 20.8 Å². The molecular formula is C7H12FNO. The summed E-state index contributed by atoms with van der Waals surface area (Å²) in [7, 11) is 0. The summed E-state index contributed by atoms with van der Waals surface area (Å²) in [5.74, 6) is 0.0457. The summed E-state index contributed by atoms with van der Waals surface area (Å²) in [6.07, 6.45) is 0.691. The molecule has 3 heteroatoms. The highest BCUT2D eigenvalue weighted by molar-refractivity contribution is 4.93. The quantitative estimate of drug-likeness (QED) is 0.606. The lowest BCUT2D eigenvalue weighted by Gasteiger charge is -1.75. The van der Waals surface area contributed by atoms with Crippen molar-refractivity contribution in [3.05, 3.63) is 17.8 Å². The summed E-state index contributed by atoms with van der Waals surface area (Å²) in [6.45, 7) is 5.87. The topological polar surface area (TPSA) is 26.0 Å². The summed E-state index contributed by atoms with van der Waals surface area (Å²) < 4.78 is 16.4. The van der Waals surface area contributed by atoms with Crippen molar-refractivity contribution in [3.8, 4) is 0 Å².